The van der Waals surface area contributed by atoms with Crippen LogP contribution >= 0.6 is 11.3 Å². The zero-order chi connectivity index (χ0) is 17.7. The summed E-state index contributed by atoms with van der Waals surface area (Å²) in [5.74, 6) is 0.327. The number of aryl methyl sites for hydroxylation is 1. The van der Waals surface area contributed by atoms with Crippen molar-refractivity contribution >= 4 is 27.4 Å². The second-order valence-corrected chi connectivity index (χ2v) is 8.55. The van der Waals surface area contributed by atoms with Crippen molar-refractivity contribution in [3.05, 3.63) is 46.4 Å². The summed E-state index contributed by atoms with van der Waals surface area (Å²) in [5, 5.41) is 5.29. The van der Waals surface area contributed by atoms with E-state index < -0.39 is 16.1 Å². The third kappa shape index (κ3) is 5.04. The molecule has 2 N–H and O–H groups in total. The van der Waals surface area contributed by atoms with Gasteiger partial charge in [-0.05, 0) is 31.4 Å². The van der Waals surface area contributed by atoms with Gasteiger partial charge < -0.3 is 5.32 Å². The van der Waals surface area contributed by atoms with Crippen LogP contribution in [0.5, 0.6) is 0 Å². The highest BCUT2D eigenvalue weighted by Crippen LogP contribution is 2.23. The summed E-state index contributed by atoms with van der Waals surface area (Å²) >= 11 is 1.43. The minimum Gasteiger partial charge on any atom is -0.328 e. The molecule has 0 aliphatic carbocycles. The summed E-state index contributed by atoms with van der Waals surface area (Å²) < 4.78 is 26.6. The molecule has 8 heteroatoms. The van der Waals surface area contributed by atoms with Crippen molar-refractivity contribution in [3.8, 4) is 0 Å². The summed E-state index contributed by atoms with van der Waals surface area (Å²) in [5.41, 5.74) is 0.944. The van der Waals surface area contributed by atoms with Crippen molar-refractivity contribution in [1.29, 1.82) is 0 Å². The van der Waals surface area contributed by atoms with Crippen LogP contribution in [0.2, 0.25) is 0 Å². The number of hydrogen-bond donors (Lipinski definition) is 2. The molecule has 1 aromatic carbocycles. The molecule has 1 heterocycles. The average Bonchev–Trinajstić information content (AvgIpc) is 3.00. The van der Waals surface area contributed by atoms with E-state index in [2.05, 4.69) is 15.0 Å². The Morgan fingerprint density at radius 1 is 1.25 bits per heavy atom. The van der Waals surface area contributed by atoms with Crippen LogP contribution in [-0.2, 0) is 10.0 Å². The molecule has 0 radical (unpaired) electrons. The number of sulfonamides is 1. The second kappa shape index (κ2) is 7.76. The summed E-state index contributed by atoms with van der Waals surface area (Å²) in [4.78, 5) is 16.4. The first-order valence-corrected chi connectivity index (χ1v) is 9.93. The van der Waals surface area contributed by atoms with E-state index in [1.165, 1.54) is 23.5 Å². The lowest BCUT2D eigenvalue weighted by atomic mass is 10.0. The summed E-state index contributed by atoms with van der Waals surface area (Å²) in [6.45, 7) is 5.92. The third-order valence-electron chi connectivity index (χ3n) is 3.32. The van der Waals surface area contributed by atoms with Gasteiger partial charge in [0.25, 0.3) is 10.0 Å². The first kappa shape index (κ1) is 18.4. The number of rotatable bonds is 6. The molecular formula is C16H21N3O3S2. The van der Waals surface area contributed by atoms with E-state index in [4.69, 9.17) is 0 Å². The highest BCUT2D eigenvalue weighted by atomic mass is 32.2. The topological polar surface area (TPSA) is 88.2 Å². The Kier molecular flexibility index (Phi) is 5.95. The number of nitrogens with zero attached hydrogens (tertiary/aromatic N) is 1. The lowest BCUT2D eigenvalue weighted by Gasteiger charge is -2.19. The van der Waals surface area contributed by atoms with Crippen molar-refractivity contribution in [3.63, 3.8) is 0 Å². The van der Waals surface area contributed by atoms with Crippen molar-refractivity contribution in [1.82, 2.24) is 15.0 Å². The molecule has 0 fully saturated rings. The molecule has 0 aliphatic heterocycles. The van der Waals surface area contributed by atoms with Gasteiger partial charge in [-0.15, -0.1) is 11.3 Å². The van der Waals surface area contributed by atoms with Gasteiger partial charge in [-0.3, -0.25) is 0 Å². The SMILES string of the molecule is Cc1ccc(S(=O)(=O)NC(=O)NC(CC(C)C)c2nccs2)cc1. The van der Waals surface area contributed by atoms with Crippen LogP contribution in [0.25, 0.3) is 0 Å². The number of urea groups is 1. The Hall–Kier alpha value is -1.93. The van der Waals surface area contributed by atoms with Crippen LogP contribution in [0.4, 0.5) is 4.79 Å². The largest absolute Gasteiger partial charge is 0.329 e. The predicted octanol–water partition coefficient (Wildman–Crippen LogP) is 3.23. The Labute approximate surface area is 146 Å². The van der Waals surface area contributed by atoms with Gasteiger partial charge in [-0.25, -0.2) is 22.9 Å². The number of thiazole rings is 1. The third-order valence-corrected chi connectivity index (χ3v) is 5.56. The molecule has 0 aliphatic rings. The number of carbonyl (C=O) groups is 1. The highest BCUT2D eigenvalue weighted by Gasteiger charge is 2.22. The molecule has 0 saturated heterocycles. The van der Waals surface area contributed by atoms with Crippen molar-refractivity contribution < 1.29 is 13.2 Å². The van der Waals surface area contributed by atoms with Gasteiger partial charge in [0.05, 0.1) is 10.9 Å². The molecule has 24 heavy (non-hydrogen) atoms. The molecule has 1 unspecified atom stereocenters. The second-order valence-electron chi connectivity index (χ2n) is 5.94. The van der Waals surface area contributed by atoms with Gasteiger partial charge >= 0.3 is 6.03 Å². The van der Waals surface area contributed by atoms with Crippen molar-refractivity contribution in [2.24, 2.45) is 5.92 Å². The maximum Gasteiger partial charge on any atom is 0.329 e. The molecule has 1 atom stereocenters. The first-order chi connectivity index (χ1) is 11.3. The molecule has 1 aromatic heterocycles. The monoisotopic (exact) mass is 367 g/mol. The fourth-order valence-electron chi connectivity index (χ4n) is 2.19. The molecular weight excluding hydrogens is 346 g/mol. The number of benzene rings is 1. The summed E-state index contributed by atoms with van der Waals surface area (Å²) in [7, 11) is -3.90. The lowest BCUT2D eigenvalue weighted by molar-refractivity contribution is 0.240. The van der Waals surface area contributed by atoms with Crippen LogP contribution in [0.1, 0.15) is 36.9 Å². The predicted molar refractivity (Wildman–Crippen MR) is 94.3 cm³/mol. The van der Waals surface area contributed by atoms with Crippen LogP contribution in [0.15, 0.2) is 40.7 Å². The quantitative estimate of drug-likeness (QED) is 0.820. The van der Waals surface area contributed by atoms with Crippen LogP contribution < -0.4 is 10.0 Å². The van der Waals surface area contributed by atoms with E-state index >= 15 is 0 Å². The Bertz CT molecular complexity index is 769. The van der Waals surface area contributed by atoms with E-state index in [-0.39, 0.29) is 10.9 Å². The number of aromatic nitrogens is 1. The summed E-state index contributed by atoms with van der Waals surface area (Å²) in [6, 6.07) is 5.23. The molecule has 2 aromatic rings. The van der Waals surface area contributed by atoms with Gasteiger partial charge in [0.15, 0.2) is 0 Å². The zero-order valence-electron chi connectivity index (χ0n) is 13.8. The Morgan fingerprint density at radius 3 is 2.46 bits per heavy atom. The Morgan fingerprint density at radius 2 is 1.92 bits per heavy atom. The minimum atomic E-state index is -3.90. The number of amides is 2. The molecule has 0 bridgehead atoms. The number of nitrogens with one attached hydrogen (secondary N) is 2. The lowest BCUT2D eigenvalue weighted by Crippen LogP contribution is -2.41. The number of hydrogen-bond acceptors (Lipinski definition) is 5. The standard InChI is InChI=1S/C16H21N3O3S2/c1-11(2)10-14(15-17-8-9-23-15)18-16(20)19-24(21,22)13-6-4-12(3)5-7-13/h4-9,11,14H,10H2,1-3H3,(H2,18,19,20). The molecule has 2 rings (SSSR count). The van der Waals surface area contributed by atoms with Gasteiger partial charge in [0.1, 0.15) is 5.01 Å². The maximum absolute atomic E-state index is 12.3. The molecule has 0 spiro atoms. The normalized spacial score (nSPS) is 12.8. The Balaban J connectivity index is 2.08. The average molecular weight is 367 g/mol. The molecule has 2 amide bonds. The number of carbonyl (C=O) groups excluding carboxylic acids is 1. The van der Waals surface area contributed by atoms with Crippen LogP contribution in [0, 0.1) is 12.8 Å². The van der Waals surface area contributed by atoms with Gasteiger partial charge in [0, 0.05) is 11.6 Å². The first-order valence-electron chi connectivity index (χ1n) is 7.57. The zero-order valence-corrected chi connectivity index (χ0v) is 15.4. The van der Waals surface area contributed by atoms with E-state index in [9.17, 15) is 13.2 Å². The fraction of sp³-hybridized carbons (Fsp3) is 0.375. The van der Waals surface area contributed by atoms with E-state index in [1.807, 2.05) is 26.2 Å². The van der Waals surface area contributed by atoms with Gasteiger partial charge in [-0.2, -0.15) is 0 Å². The summed E-state index contributed by atoms with van der Waals surface area (Å²) in [6.07, 6.45) is 2.33. The molecule has 6 nitrogen and oxygen atoms in total. The van der Waals surface area contributed by atoms with Crippen molar-refractivity contribution in [2.75, 3.05) is 0 Å². The van der Waals surface area contributed by atoms with Crippen molar-refractivity contribution in [2.45, 2.75) is 38.1 Å². The van der Waals surface area contributed by atoms with Crippen LogP contribution in [0.3, 0.4) is 0 Å². The minimum absolute atomic E-state index is 0.0536. The maximum atomic E-state index is 12.3. The van der Waals surface area contributed by atoms with E-state index in [0.29, 0.717) is 12.3 Å². The fourth-order valence-corrected chi connectivity index (χ4v) is 3.80. The van der Waals surface area contributed by atoms with E-state index in [1.54, 1.807) is 18.3 Å². The highest BCUT2D eigenvalue weighted by molar-refractivity contribution is 7.90. The molecule has 130 valence electrons. The smallest absolute Gasteiger partial charge is 0.328 e. The van der Waals surface area contributed by atoms with Crippen LogP contribution in [-0.4, -0.2) is 19.4 Å². The van der Waals surface area contributed by atoms with Gasteiger partial charge in [0.2, 0.25) is 0 Å². The van der Waals surface area contributed by atoms with E-state index in [0.717, 1.165) is 10.6 Å². The van der Waals surface area contributed by atoms with Gasteiger partial charge in [-0.1, -0.05) is 31.5 Å². The molecule has 0 saturated carbocycles.